The van der Waals surface area contributed by atoms with Crippen molar-refractivity contribution in [3.63, 3.8) is 0 Å². The number of nitrogens with zero attached hydrogens (tertiary/aromatic N) is 2. The largest absolute Gasteiger partial charge is 0.329 e. The Labute approximate surface area is 104 Å². The average Bonchev–Trinajstić information content (AvgIpc) is 2.27. The summed E-state index contributed by atoms with van der Waals surface area (Å²) in [5, 5.41) is 0. The van der Waals surface area contributed by atoms with Crippen molar-refractivity contribution in [2.75, 3.05) is 20.1 Å². The summed E-state index contributed by atoms with van der Waals surface area (Å²) >= 11 is 0. The van der Waals surface area contributed by atoms with Crippen LogP contribution in [0.25, 0.3) is 0 Å². The summed E-state index contributed by atoms with van der Waals surface area (Å²) in [5.41, 5.74) is 8.21. The van der Waals surface area contributed by atoms with E-state index >= 15 is 0 Å². The zero-order valence-corrected chi connectivity index (χ0v) is 10.9. The minimum absolute atomic E-state index is 0.309. The molecule has 1 saturated carbocycles. The fourth-order valence-corrected chi connectivity index (χ4v) is 2.46. The number of aryl methyl sites for hydroxylation is 1. The number of likely N-dealkylation sites (N-methyl/N-ethyl adjacent to an activating group) is 1. The van der Waals surface area contributed by atoms with Gasteiger partial charge in [0.15, 0.2) is 0 Å². The molecule has 2 N–H and O–H groups in total. The van der Waals surface area contributed by atoms with E-state index < -0.39 is 0 Å². The Morgan fingerprint density at radius 3 is 2.71 bits per heavy atom. The lowest BCUT2D eigenvalue weighted by Crippen LogP contribution is -2.36. The minimum atomic E-state index is 0.309. The van der Waals surface area contributed by atoms with Crippen LogP contribution in [-0.2, 0) is 0 Å². The molecule has 1 atom stereocenters. The van der Waals surface area contributed by atoms with Gasteiger partial charge in [-0.25, -0.2) is 0 Å². The maximum atomic E-state index is 5.91. The van der Waals surface area contributed by atoms with Crippen LogP contribution in [-0.4, -0.2) is 30.0 Å². The Morgan fingerprint density at radius 2 is 2.24 bits per heavy atom. The summed E-state index contributed by atoms with van der Waals surface area (Å²) in [5.74, 6) is 0.882. The highest BCUT2D eigenvalue weighted by Gasteiger charge is 2.23. The number of hydrogen-bond acceptors (Lipinski definition) is 3. The second-order valence-corrected chi connectivity index (χ2v) is 5.22. The number of hydrogen-bond donors (Lipinski definition) is 1. The maximum absolute atomic E-state index is 5.91. The first-order valence-corrected chi connectivity index (χ1v) is 6.53. The summed E-state index contributed by atoms with van der Waals surface area (Å²) in [4.78, 5) is 6.75. The van der Waals surface area contributed by atoms with E-state index in [-0.39, 0.29) is 0 Å². The molecule has 0 aromatic carbocycles. The second kappa shape index (κ2) is 5.61. The molecular weight excluding hydrogens is 210 g/mol. The summed E-state index contributed by atoms with van der Waals surface area (Å²) in [6.07, 6.45) is 6.13. The van der Waals surface area contributed by atoms with Gasteiger partial charge in [-0.3, -0.25) is 9.88 Å². The van der Waals surface area contributed by atoms with Crippen LogP contribution in [0.15, 0.2) is 18.3 Å². The van der Waals surface area contributed by atoms with E-state index in [2.05, 4.69) is 29.1 Å². The standard InChI is InChI=1S/C14H23N3/c1-11-6-7-13(9-16-11)14(8-15)17(2)10-12-4-3-5-12/h6-7,9,12,14H,3-5,8,10,15H2,1-2H3. The molecule has 1 aliphatic carbocycles. The van der Waals surface area contributed by atoms with Crippen LogP contribution < -0.4 is 5.73 Å². The monoisotopic (exact) mass is 233 g/mol. The topological polar surface area (TPSA) is 42.1 Å². The van der Waals surface area contributed by atoms with Crippen LogP contribution in [0, 0.1) is 12.8 Å². The highest BCUT2D eigenvalue weighted by molar-refractivity contribution is 5.17. The van der Waals surface area contributed by atoms with Gasteiger partial charge in [-0.05, 0) is 44.4 Å². The van der Waals surface area contributed by atoms with Crippen molar-refractivity contribution in [3.05, 3.63) is 29.6 Å². The molecule has 0 saturated heterocycles. The third-order valence-electron chi connectivity index (χ3n) is 3.85. The van der Waals surface area contributed by atoms with E-state index in [4.69, 9.17) is 5.73 Å². The molecule has 0 aliphatic heterocycles. The van der Waals surface area contributed by atoms with Gasteiger partial charge >= 0.3 is 0 Å². The van der Waals surface area contributed by atoms with E-state index in [1.54, 1.807) is 0 Å². The molecule has 0 amide bonds. The van der Waals surface area contributed by atoms with Crippen molar-refractivity contribution in [2.24, 2.45) is 11.7 Å². The van der Waals surface area contributed by atoms with Gasteiger partial charge in [0.2, 0.25) is 0 Å². The number of pyridine rings is 1. The van der Waals surface area contributed by atoms with E-state index in [0.717, 1.165) is 18.2 Å². The van der Waals surface area contributed by atoms with E-state index in [9.17, 15) is 0 Å². The zero-order valence-electron chi connectivity index (χ0n) is 10.9. The molecule has 2 rings (SSSR count). The molecule has 0 bridgehead atoms. The van der Waals surface area contributed by atoms with Gasteiger partial charge in [0.05, 0.1) is 0 Å². The van der Waals surface area contributed by atoms with E-state index in [0.29, 0.717) is 12.6 Å². The Hall–Kier alpha value is -0.930. The second-order valence-electron chi connectivity index (χ2n) is 5.22. The summed E-state index contributed by atoms with van der Waals surface area (Å²) in [6.45, 7) is 3.84. The fraction of sp³-hybridized carbons (Fsp3) is 0.643. The van der Waals surface area contributed by atoms with Crippen LogP contribution >= 0.6 is 0 Å². The first kappa shape index (κ1) is 12.5. The number of nitrogens with two attached hydrogens (primary N) is 1. The van der Waals surface area contributed by atoms with Gasteiger partial charge in [-0.15, -0.1) is 0 Å². The smallest absolute Gasteiger partial charge is 0.0482 e. The lowest BCUT2D eigenvalue weighted by atomic mass is 9.85. The molecule has 1 unspecified atom stereocenters. The van der Waals surface area contributed by atoms with E-state index in [1.807, 2.05) is 13.1 Å². The molecule has 17 heavy (non-hydrogen) atoms. The highest BCUT2D eigenvalue weighted by atomic mass is 15.1. The maximum Gasteiger partial charge on any atom is 0.0482 e. The minimum Gasteiger partial charge on any atom is -0.329 e. The molecule has 1 aromatic heterocycles. The van der Waals surface area contributed by atoms with Crippen molar-refractivity contribution >= 4 is 0 Å². The Kier molecular flexibility index (Phi) is 4.13. The number of aromatic nitrogens is 1. The molecule has 0 spiro atoms. The first-order chi connectivity index (χ1) is 8.20. The number of rotatable bonds is 5. The Morgan fingerprint density at radius 1 is 1.47 bits per heavy atom. The normalized spacial score (nSPS) is 18.1. The van der Waals surface area contributed by atoms with Crippen LogP contribution in [0.1, 0.15) is 36.6 Å². The molecule has 1 aromatic rings. The van der Waals surface area contributed by atoms with Crippen LogP contribution in [0.3, 0.4) is 0 Å². The van der Waals surface area contributed by atoms with Crippen LogP contribution in [0.5, 0.6) is 0 Å². The van der Waals surface area contributed by atoms with Crippen molar-refractivity contribution in [1.29, 1.82) is 0 Å². The molecule has 1 aliphatic rings. The van der Waals surface area contributed by atoms with Gasteiger partial charge in [0, 0.05) is 31.0 Å². The molecule has 1 heterocycles. The summed E-state index contributed by atoms with van der Waals surface area (Å²) in [6, 6.07) is 4.52. The van der Waals surface area contributed by atoms with Gasteiger partial charge < -0.3 is 5.73 Å². The molecular formula is C14H23N3. The fourth-order valence-electron chi connectivity index (χ4n) is 2.46. The first-order valence-electron chi connectivity index (χ1n) is 6.53. The predicted octanol–water partition coefficient (Wildman–Crippen LogP) is 2.12. The van der Waals surface area contributed by atoms with Crippen molar-refractivity contribution < 1.29 is 0 Å². The summed E-state index contributed by atoms with van der Waals surface area (Å²) < 4.78 is 0. The highest BCUT2D eigenvalue weighted by Crippen LogP contribution is 2.29. The van der Waals surface area contributed by atoms with Gasteiger partial charge in [0.1, 0.15) is 0 Å². The Balaban J connectivity index is 2.00. The third-order valence-corrected chi connectivity index (χ3v) is 3.85. The van der Waals surface area contributed by atoms with Crippen molar-refractivity contribution in [1.82, 2.24) is 9.88 Å². The van der Waals surface area contributed by atoms with Crippen molar-refractivity contribution in [3.8, 4) is 0 Å². The lowest BCUT2D eigenvalue weighted by Gasteiger charge is -2.34. The molecule has 94 valence electrons. The van der Waals surface area contributed by atoms with Crippen LogP contribution in [0.4, 0.5) is 0 Å². The summed E-state index contributed by atoms with van der Waals surface area (Å²) in [7, 11) is 2.18. The molecule has 3 heteroatoms. The predicted molar refractivity (Wildman–Crippen MR) is 70.7 cm³/mol. The van der Waals surface area contributed by atoms with Crippen LogP contribution in [0.2, 0.25) is 0 Å². The third kappa shape index (κ3) is 3.05. The lowest BCUT2D eigenvalue weighted by molar-refractivity contribution is 0.164. The molecule has 3 nitrogen and oxygen atoms in total. The van der Waals surface area contributed by atoms with Crippen molar-refractivity contribution in [2.45, 2.75) is 32.2 Å². The van der Waals surface area contributed by atoms with Gasteiger partial charge in [-0.2, -0.15) is 0 Å². The average molecular weight is 233 g/mol. The zero-order chi connectivity index (χ0) is 12.3. The Bertz CT molecular complexity index is 343. The SMILES string of the molecule is Cc1ccc(C(CN)N(C)CC2CCC2)cn1. The molecule has 0 radical (unpaired) electrons. The molecule has 1 fully saturated rings. The van der Waals surface area contributed by atoms with E-state index in [1.165, 1.54) is 24.8 Å². The van der Waals surface area contributed by atoms with Gasteiger partial charge in [-0.1, -0.05) is 12.5 Å². The van der Waals surface area contributed by atoms with Gasteiger partial charge in [0.25, 0.3) is 0 Å². The quantitative estimate of drug-likeness (QED) is 0.847.